The first kappa shape index (κ1) is 17.0. The summed E-state index contributed by atoms with van der Waals surface area (Å²) in [7, 11) is 3.53. The Bertz CT molecular complexity index is 446. The van der Waals surface area contributed by atoms with Gasteiger partial charge in [0.25, 0.3) is 5.91 Å². The molecule has 1 amide bonds. The lowest BCUT2D eigenvalue weighted by Gasteiger charge is -2.37. The van der Waals surface area contributed by atoms with Crippen molar-refractivity contribution in [1.29, 1.82) is 0 Å². The molecule has 0 aromatic carbocycles. The number of rotatable bonds is 3. The third kappa shape index (κ3) is 3.98. The zero-order chi connectivity index (χ0) is 14.0. The molecule has 0 spiro atoms. The summed E-state index contributed by atoms with van der Waals surface area (Å²) in [6.07, 6.45) is 0. The number of halogens is 1. The number of amides is 1. The normalized spacial score (nSPS) is 23.2. The SMILES string of the molecule is CC1CN(Cc2ccc(C(=O)N(C)C)[nH]2)C(C)CN1.Cl. The number of hydrogen-bond acceptors (Lipinski definition) is 3. The van der Waals surface area contributed by atoms with Gasteiger partial charge in [-0.1, -0.05) is 0 Å². The minimum atomic E-state index is 0. The lowest BCUT2D eigenvalue weighted by atomic mass is 10.1. The number of aromatic amines is 1. The molecule has 1 aliphatic heterocycles. The Morgan fingerprint density at radius 1 is 1.40 bits per heavy atom. The van der Waals surface area contributed by atoms with E-state index in [1.54, 1.807) is 19.0 Å². The van der Waals surface area contributed by atoms with E-state index in [0.717, 1.165) is 25.3 Å². The molecule has 2 rings (SSSR count). The van der Waals surface area contributed by atoms with Crippen LogP contribution in [0.15, 0.2) is 12.1 Å². The van der Waals surface area contributed by atoms with E-state index < -0.39 is 0 Å². The van der Waals surface area contributed by atoms with Gasteiger partial charge in [-0.3, -0.25) is 9.69 Å². The predicted octanol–water partition coefficient (Wildman–Crippen LogP) is 1.32. The molecule has 1 aliphatic rings. The molecule has 2 heterocycles. The topological polar surface area (TPSA) is 51.4 Å². The highest BCUT2D eigenvalue weighted by Gasteiger charge is 2.22. The van der Waals surface area contributed by atoms with Crippen LogP contribution in [0.1, 0.15) is 30.0 Å². The van der Waals surface area contributed by atoms with Crippen molar-refractivity contribution in [1.82, 2.24) is 20.1 Å². The van der Waals surface area contributed by atoms with E-state index in [0.29, 0.717) is 17.8 Å². The molecule has 1 aromatic rings. The van der Waals surface area contributed by atoms with Crippen LogP contribution in [-0.2, 0) is 6.54 Å². The summed E-state index contributed by atoms with van der Waals surface area (Å²) < 4.78 is 0. The first-order valence-corrected chi connectivity index (χ1v) is 6.84. The number of hydrogen-bond donors (Lipinski definition) is 2. The van der Waals surface area contributed by atoms with Gasteiger partial charge in [0.05, 0.1) is 0 Å². The van der Waals surface area contributed by atoms with E-state index in [1.165, 1.54) is 0 Å². The van der Waals surface area contributed by atoms with Crippen LogP contribution >= 0.6 is 12.4 Å². The van der Waals surface area contributed by atoms with Crippen LogP contribution in [0, 0.1) is 0 Å². The number of aromatic nitrogens is 1. The highest BCUT2D eigenvalue weighted by Crippen LogP contribution is 2.12. The molecule has 0 bridgehead atoms. The average molecular weight is 301 g/mol. The summed E-state index contributed by atoms with van der Waals surface area (Å²) in [6.45, 7) is 7.36. The summed E-state index contributed by atoms with van der Waals surface area (Å²) >= 11 is 0. The van der Waals surface area contributed by atoms with Gasteiger partial charge in [0.15, 0.2) is 0 Å². The highest BCUT2D eigenvalue weighted by molar-refractivity contribution is 5.92. The van der Waals surface area contributed by atoms with E-state index in [2.05, 4.69) is 29.0 Å². The zero-order valence-corrected chi connectivity index (χ0v) is 13.5. The molecule has 2 atom stereocenters. The van der Waals surface area contributed by atoms with E-state index in [4.69, 9.17) is 0 Å². The minimum absolute atomic E-state index is 0. The van der Waals surface area contributed by atoms with Gasteiger partial charge < -0.3 is 15.2 Å². The van der Waals surface area contributed by atoms with Crippen molar-refractivity contribution in [2.45, 2.75) is 32.5 Å². The number of piperazine rings is 1. The zero-order valence-electron chi connectivity index (χ0n) is 12.6. The molecule has 5 nitrogen and oxygen atoms in total. The Labute approximate surface area is 127 Å². The van der Waals surface area contributed by atoms with Crippen LogP contribution in [0.25, 0.3) is 0 Å². The van der Waals surface area contributed by atoms with Gasteiger partial charge in [0.1, 0.15) is 5.69 Å². The fourth-order valence-electron chi connectivity index (χ4n) is 2.43. The molecular weight excluding hydrogens is 276 g/mol. The largest absolute Gasteiger partial charge is 0.353 e. The van der Waals surface area contributed by atoms with E-state index >= 15 is 0 Å². The van der Waals surface area contributed by atoms with Crippen molar-refractivity contribution in [3.8, 4) is 0 Å². The molecule has 2 N–H and O–H groups in total. The van der Waals surface area contributed by atoms with Crippen molar-refractivity contribution < 1.29 is 4.79 Å². The molecular formula is C14H25ClN4O. The number of nitrogens with zero attached hydrogens (tertiary/aromatic N) is 2. The third-order valence-corrected chi connectivity index (χ3v) is 3.65. The molecule has 1 fully saturated rings. The van der Waals surface area contributed by atoms with Crippen LogP contribution in [0.4, 0.5) is 0 Å². The third-order valence-electron chi connectivity index (χ3n) is 3.65. The monoisotopic (exact) mass is 300 g/mol. The summed E-state index contributed by atoms with van der Waals surface area (Å²) in [5.41, 5.74) is 1.77. The molecule has 1 aromatic heterocycles. The van der Waals surface area contributed by atoms with Crippen LogP contribution < -0.4 is 5.32 Å². The molecule has 114 valence electrons. The van der Waals surface area contributed by atoms with Crippen molar-refractivity contribution in [3.05, 3.63) is 23.5 Å². The lowest BCUT2D eigenvalue weighted by molar-refractivity contribution is 0.0822. The molecule has 0 radical (unpaired) electrons. The fourth-order valence-corrected chi connectivity index (χ4v) is 2.43. The predicted molar refractivity (Wildman–Crippen MR) is 83.4 cm³/mol. The van der Waals surface area contributed by atoms with Gasteiger partial charge in [-0.05, 0) is 26.0 Å². The van der Waals surface area contributed by atoms with Crippen molar-refractivity contribution in [2.24, 2.45) is 0 Å². The number of nitrogens with one attached hydrogen (secondary N) is 2. The van der Waals surface area contributed by atoms with Crippen LogP contribution in [0.2, 0.25) is 0 Å². The quantitative estimate of drug-likeness (QED) is 0.885. The summed E-state index contributed by atoms with van der Waals surface area (Å²) in [5, 5.41) is 3.47. The fraction of sp³-hybridized carbons (Fsp3) is 0.643. The van der Waals surface area contributed by atoms with Gasteiger partial charge in [-0.2, -0.15) is 0 Å². The van der Waals surface area contributed by atoms with Crippen LogP contribution in [-0.4, -0.2) is 60.0 Å². The molecule has 2 unspecified atom stereocenters. The standard InChI is InChI=1S/C14H24N4O.ClH/c1-10-8-18(11(2)7-15-10)9-12-5-6-13(16-12)14(19)17(3)4;/h5-6,10-11,15-16H,7-9H2,1-4H3;1H. The lowest BCUT2D eigenvalue weighted by Crippen LogP contribution is -2.53. The highest BCUT2D eigenvalue weighted by atomic mass is 35.5. The maximum absolute atomic E-state index is 11.8. The second kappa shape index (κ2) is 7.11. The van der Waals surface area contributed by atoms with Crippen LogP contribution in [0.3, 0.4) is 0 Å². The first-order chi connectivity index (χ1) is 8.97. The summed E-state index contributed by atoms with van der Waals surface area (Å²) in [5.74, 6) is 0.0213. The van der Waals surface area contributed by atoms with Gasteiger partial charge in [0, 0.05) is 51.5 Å². The Balaban J connectivity index is 0.00000200. The summed E-state index contributed by atoms with van der Waals surface area (Å²) in [6, 6.07) is 4.92. The first-order valence-electron chi connectivity index (χ1n) is 6.84. The number of carbonyl (C=O) groups is 1. The maximum atomic E-state index is 11.8. The molecule has 20 heavy (non-hydrogen) atoms. The average Bonchev–Trinajstić information content (AvgIpc) is 2.81. The maximum Gasteiger partial charge on any atom is 0.269 e. The minimum Gasteiger partial charge on any atom is -0.353 e. The number of carbonyl (C=O) groups excluding carboxylic acids is 1. The Morgan fingerprint density at radius 2 is 2.10 bits per heavy atom. The van der Waals surface area contributed by atoms with Gasteiger partial charge in [0.2, 0.25) is 0 Å². The van der Waals surface area contributed by atoms with Crippen molar-refractivity contribution in [2.75, 3.05) is 27.2 Å². The number of H-pyrrole nitrogens is 1. The summed E-state index contributed by atoms with van der Waals surface area (Å²) in [4.78, 5) is 19.1. The molecule has 0 saturated carbocycles. The Hall–Kier alpha value is -1.04. The van der Waals surface area contributed by atoms with Crippen molar-refractivity contribution in [3.63, 3.8) is 0 Å². The molecule has 6 heteroatoms. The van der Waals surface area contributed by atoms with Gasteiger partial charge in [-0.15, -0.1) is 12.4 Å². The van der Waals surface area contributed by atoms with E-state index in [-0.39, 0.29) is 18.3 Å². The van der Waals surface area contributed by atoms with E-state index in [1.807, 2.05) is 12.1 Å². The van der Waals surface area contributed by atoms with Gasteiger partial charge in [-0.25, -0.2) is 0 Å². The molecule has 1 saturated heterocycles. The Morgan fingerprint density at radius 3 is 2.75 bits per heavy atom. The van der Waals surface area contributed by atoms with Gasteiger partial charge >= 0.3 is 0 Å². The Kier molecular flexibility index (Phi) is 6.05. The van der Waals surface area contributed by atoms with E-state index in [9.17, 15) is 4.79 Å². The van der Waals surface area contributed by atoms with Crippen LogP contribution in [0.5, 0.6) is 0 Å². The molecule has 0 aliphatic carbocycles. The smallest absolute Gasteiger partial charge is 0.269 e. The second-order valence-corrected chi connectivity index (χ2v) is 5.68. The second-order valence-electron chi connectivity index (χ2n) is 5.68. The van der Waals surface area contributed by atoms with Crippen molar-refractivity contribution >= 4 is 18.3 Å².